The Bertz CT molecular complexity index is 344. The van der Waals surface area contributed by atoms with Crippen LogP contribution in [0.4, 0.5) is 0 Å². The van der Waals surface area contributed by atoms with Gasteiger partial charge in [-0.1, -0.05) is 28.1 Å². The second-order valence-electron chi connectivity index (χ2n) is 5.30. The SMILES string of the molecule is CN(CCCC1CCCN1)Cc1ccc(Br)cc1. The molecule has 1 aromatic carbocycles. The van der Waals surface area contributed by atoms with Gasteiger partial charge in [-0.05, 0) is 63.5 Å². The van der Waals surface area contributed by atoms with Gasteiger partial charge in [-0.25, -0.2) is 0 Å². The van der Waals surface area contributed by atoms with Gasteiger partial charge < -0.3 is 10.2 Å². The molecule has 0 bridgehead atoms. The highest BCUT2D eigenvalue weighted by atomic mass is 79.9. The molecule has 1 aliphatic rings. The first kappa shape index (κ1) is 14.0. The molecule has 1 heterocycles. The van der Waals surface area contributed by atoms with Crippen LogP contribution in [0, 0.1) is 0 Å². The molecule has 0 aromatic heterocycles. The minimum Gasteiger partial charge on any atom is -0.314 e. The van der Waals surface area contributed by atoms with Crippen molar-refractivity contribution in [3.8, 4) is 0 Å². The highest BCUT2D eigenvalue weighted by Gasteiger charge is 2.13. The number of nitrogens with zero attached hydrogens (tertiary/aromatic N) is 1. The summed E-state index contributed by atoms with van der Waals surface area (Å²) in [6.07, 6.45) is 5.35. The van der Waals surface area contributed by atoms with Crippen molar-refractivity contribution < 1.29 is 0 Å². The molecule has 0 radical (unpaired) electrons. The molecule has 0 saturated carbocycles. The first-order valence-electron chi connectivity index (χ1n) is 6.90. The summed E-state index contributed by atoms with van der Waals surface area (Å²) in [6, 6.07) is 9.40. The van der Waals surface area contributed by atoms with E-state index in [2.05, 4.69) is 57.5 Å². The second-order valence-corrected chi connectivity index (χ2v) is 6.22. The third-order valence-corrected chi connectivity index (χ3v) is 4.15. The average Bonchev–Trinajstić information content (AvgIpc) is 2.85. The third-order valence-electron chi connectivity index (χ3n) is 3.62. The molecule has 1 N–H and O–H groups in total. The van der Waals surface area contributed by atoms with E-state index in [0.29, 0.717) is 0 Å². The summed E-state index contributed by atoms with van der Waals surface area (Å²) in [5.74, 6) is 0. The molecule has 2 nitrogen and oxygen atoms in total. The standard InChI is InChI=1S/C15H23BrN2/c1-18(11-3-5-15-4-2-10-17-15)12-13-6-8-14(16)9-7-13/h6-9,15,17H,2-5,10-12H2,1H3. The molecule has 1 saturated heterocycles. The van der Waals surface area contributed by atoms with Gasteiger partial charge in [-0.3, -0.25) is 0 Å². The van der Waals surface area contributed by atoms with Gasteiger partial charge in [-0.15, -0.1) is 0 Å². The van der Waals surface area contributed by atoms with Crippen molar-refractivity contribution in [2.45, 2.75) is 38.3 Å². The lowest BCUT2D eigenvalue weighted by atomic mass is 10.1. The van der Waals surface area contributed by atoms with Crippen molar-refractivity contribution in [3.63, 3.8) is 0 Å². The summed E-state index contributed by atoms with van der Waals surface area (Å²) in [5.41, 5.74) is 1.39. The fraction of sp³-hybridized carbons (Fsp3) is 0.600. The van der Waals surface area contributed by atoms with Crippen LogP contribution in [-0.4, -0.2) is 31.1 Å². The maximum Gasteiger partial charge on any atom is 0.0230 e. The lowest BCUT2D eigenvalue weighted by Crippen LogP contribution is -2.24. The molecule has 0 amide bonds. The summed E-state index contributed by atoms with van der Waals surface area (Å²) in [4.78, 5) is 2.41. The molecule has 3 heteroatoms. The van der Waals surface area contributed by atoms with Crippen LogP contribution in [0.2, 0.25) is 0 Å². The van der Waals surface area contributed by atoms with Gasteiger partial charge in [0.25, 0.3) is 0 Å². The van der Waals surface area contributed by atoms with Crippen molar-refractivity contribution >= 4 is 15.9 Å². The predicted molar refractivity (Wildman–Crippen MR) is 80.7 cm³/mol. The monoisotopic (exact) mass is 310 g/mol. The number of hydrogen-bond donors (Lipinski definition) is 1. The summed E-state index contributed by atoms with van der Waals surface area (Å²) < 4.78 is 1.15. The van der Waals surface area contributed by atoms with Gasteiger partial charge >= 0.3 is 0 Å². The summed E-state index contributed by atoms with van der Waals surface area (Å²) >= 11 is 3.47. The molecule has 18 heavy (non-hydrogen) atoms. The Morgan fingerprint density at radius 3 is 2.78 bits per heavy atom. The van der Waals surface area contributed by atoms with E-state index in [0.717, 1.165) is 17.1 Å². The predicted octanol–water partition coefficient (Wildman–Crippen LogP) is 3.41. The number of halogens is 1. The Hall–Kier alpha value is -0.380. The third kappa shape index (κ3) is 4.71. The Kier molecular flexibility index (Phi) is 5.67. The van der Waals surface area contributed by atoms with Crippen LogP contribution in [0.15, 0.2) is 28.7 Å². The second kappa shape index (κ2) is 7.27. The van der Waals surface area contributed by atoms with Crippen LogP contribution in [0.5, 0.6) is 0 Å². The number of rotatable bonds is 6. The van der Waals surface area contributed by atoms with Gasteiger partial charge in [-0.2, -0.15) is 0 Å². The van der Waals surface area contributed by atoms with Crippen LogP contribution in [0.3, 0.4) is 0 Å². The minimum absolute atomic E-state index is 0.783. The Morgan fingerprint density at radius 2 is 2.11 bits per heavy atom. The van der Waals surface area contributed by atoms with Crippen molar-refractivity contribution in [1.29, 1.82) is 0 Å². The van der Waals surface area contributed by atoms with Crippen molar-refractivity contribution in [2.75, 3.05) is 20.1 Å². The molecule has 1 unspecified atom stereocenters. The molecular weight excluding hydrogens is 288 g/mol. The van der Waals surface area contributed by atoms with E-state index in [1.807, 2.05) is 0 Å². The van der Waals surface area contributed by atoms with E-state index in [1.54, 1.807) is 0 Å². The zero-order valence-electron chi connectivity index (χ0n) is 11.2. The van der Waals surface area contributed by atoms with E-state index >= 15 is 0 Å². The quantitative estimate of drug-likeness (QED) is 0.866. The van der Waals surface area contributed by atoms with Crippen LogP contribution >= 0.6 is 15.9 Å². The average molecular weight is 311 g/mol. The Labute approximate surface area is 119 Å². The van der Waals surface area contributed by atoms with E-state index in [4.69, 9.17) is 0 Å². The molecule has 1 aliphatic heterocycles. The highest BCUT2D eigenvalue weighted by Crippen LogP contribution is 2.13. The van der Waals surface area contributed by atoms with E-state index in [1.165, 1.54) is 44.3 Å². The number of nitrogens with one attached hydrogen (secondary N) is 1. The summed E-state index contributed by atoms with van der Waals surface area (Å²) in [6.45, 7) is 3.46. The van der Waals surface area contributed by atoms with Gasteiger partial charge in [0.2, 0.25) is 0 Å². The van der Waals surface area contributed by atoms with Gasteiger partial charge in [0.1, 0.15) is 0 Å². The molecule has 0 aliphatic carbocycles. The van der Waals surface area contributed by atoms with Crippen LogP contribution < -0.4 is 5.32 Å². The lowest BCUT2D eigenvalue weighted by molar-refractivity contribution is 0.311. The van der Waals surface area contributed by atoms with E-state index in [9.17, 15) is 0 Å². The number of hydrogen-bond acceptors (Lipinski definition) is 2. The Balaban J connectivity index is 1.65. The van der Waals surface area contributed by atoms with Gasteiger partial charge in [0, 0.05) is 17.1 Å². The molecule has 2 rings (SSSR count). The maximum absolute atomic E-state index is 3.56. The van der Waals surface area contributed by atoms with Crippen LogP contribution in [0.25, 0.3) is 0 Å². The Morgan fingerprint density at radius 1 is 1.33 bits per heavy atom. The number of benzene rings is 1. The lowest BCUT2D eigenvalue weighted by Gasteiger charge is -2.18. The first-order valence-corrected chi connectivity index (χ1v) is 7.70. The normalized spacial score (nSPS) is 19.6. The largest absolute Gasteiger partial charge is 0.314 e. The minimum atomic E-state index is 0.783. The van der Waals surface area contributed by atoms with E-state index < -0.39 is 0 Å². The van der Waals surface area contributed by atoms with E-state index in [-0.39, 0.29) is 0 Å². The fourth-order valence-electron chi connectivity index (χ4n) is 2.59. The van der Waals surface area contributed by atoms with Crippen LogP contribution in [0.1, 0.15) is 31.2 Å². The highest BCUT2D eigenvalue weighted by molar-refractivity contribution is 9.10. The molecule has 0 spiro atoms. The smallest absolute Gasteiger partial charge is 0.0230 e. The van der Waals surface area contributed by atoms with Crippen LogP contribution in [-0.2, 0) is 6.54 Å². The van der Waals surface area contributed by atoms with Gasteiger partial charge in [0.15, 0.2) is 0 Å². The summed E-state index contributed by atoms with van der Waals surface area (Å²) in [5, 5.41) is 3.56. The topological polar surface area (TPSA) is 15.3 Å². The molecule has 1 aromatic rings. The molecule has 1 fully saturated rings. The van der Waals surface area contributed by atoms with Crippen molar-refractivity contribution in [2.24, 2.45) is 0 Å². The molecular formula is C15H23BrN2. The van der Waals surface area contributed by atoms with Crippen molar-refractivity contribution in [3.05, 3.63) is 34.3 Å². The maximum atomic E-state index is 3.56. The molecule has 1 atom stereocenters. The first-order chi connectivity index (χ1) is 8.74. The zero-order chi connectivity index (χ0) is 12.8. The van der Waals surface area contributed by atoms with Gasteiger partial charge in [0.05, 0.1) is 0 Å². The zero-order valence-corrected chi connectivity index (χ0v) is 12.7. The summed E-state index contributed by atoms with van der Waals surface area (Å²) in [7, 11) is 2.21. The van der Waals surface area contributed by atoms with Crippen molar-refractivity contribution in [1.82, 2.24) is 10.2 Å². The fourth-order valence-corrected chi connectivity index (χ4v) is 2.86. The molecule has 100 valence electrons.